The maximum Gasteiger partial charge on any atom is 0.235 e. The first-order valence-electron chi connectivity index (χ1n) is 7.27. The van der Waals surface area contributed by atoms with E-state index in [0.29, 0.717) is 31.1 Å². The number of nitrogens with zero attached hydrogens (tertiary/aromatic N) is 1. The predicted octanol–water partition coefficient (Wildman–Crippen LogP) is 3.42. The molecule has 22 heavy (non-hydrogen) atoms. The third-order valence-corrected chi connectivity index (χ3v) is 4.44. The van der Waals surface area contributed by atoms with Crippen LogP contribution in [0.15, 0.2) is 48.8 Å². The lowest BCUT2D eigenvalue weighted by Gasteiger charge is -2.36. The van der Waals surface area contributed by atoms with E-state index in [1.54, 1.807) is 24.5 Å². The number of amides is 1. The van der Waals surface area contributed by atoms with Gasteiger partial charge in [0, 0.05) is 36.3 Å². The summed E-state index contributed by atoms with van der Waals surface area (Å²) < 4.78 is 5.45. The van der Waals surface area contributed by atoms with Crippen LogP contribution < -0.4 is 5.32 Å². The van der Waals surface area contributed by atoms with Crippen LogP contribution in [0, 0.1) is 0 Å². The lowest BCUT2D eigenvalue weighted by Crippen LogP contribution is -2.45. The van der Waals surface area contributed by atoms with E-state index < -0.39 is 5.41 Å². The minimum atomic E-state index is -0.653. The molecule has 1 amide bonds. The molecule has 1 aromatic heterocycles. The van der Waals surface area contributed by atoms with Gasteiger partial charge in [-0.2, -0.15) is 0 Å². The third-order valence-electron chi connectivity index (χ3n) is 4.11. The van der Waals surface area contributed by atoms with E-state index in [9.17, 15) is 4.79 Å². The monoisotopic (exact) mass is 316 g/mol. The van der Waals surface area contributed by atoms with E-state index in [1.165, 1.54) is 0 Å². The number of carbonyl (C=O) groups excluding carboxylic acids is 1. The number of nitrogens with one attached hydrogen (secondary N) is 1. The number of carbonyl (C=O) groups is 1. The summed E-state index contributed by atoms with van der Waals surface area (Å²) in [6.07, 6.45) is 4.55. The van der Waals surface area contributed by atoms with Crippen molar-refractivity contribution in [2.75, 3.05) is 18.5 Å². The summed E-state index contributed by atoms with van der Waals surface area (Å²) in [4.78, 5) is 17.0. The zero-order chi connectivity index (χ0) is 15.4. The van der Waals surface area contributed by atoms with Gasteiger partial charge in [0.1, 0.15) is 0 Å². The van der Waals surface area contributed by atoms with Gasteiger partial charge in [0.05, 0.1) is 5.41 Å². The number of hydrogen-bond donors (Lipinski definition) is 1. The largest absolute Gasteiger partial charge is 0.381 e. The summed E-state index contributed by atoms with van der Waals surface area (Å²) in [5.41, 5.74) is 0.948. The van der Waals surface area contributed by atoms with Gasteiger partial charge in [0.25, 0.3) is 0 Å². The molecular weight excluding hydrogens is 300 g/mol. The summed E-state index contributed by atoms with van der Waals surface area (Å²) in [6.45, 7) is 1.10. The first-order valence-corrected chi connectivity index (χ1v) is 7.64. The molecule has 0 bridgehead atoms. The summed E-state index contributed by atoms with van der Waals surface area (Å²) in [5, 5.41) is 3.60. The number of aromatic nitrogens is 1. The van der Waals surface area contributed by atoms with E-state index in [-0.39, 0.29) is 5.91 Å². The molecule has 1 N–H and O–H groups in total. The summed E-state index contributed by atoms with van der Waals surface area (Å²) in [6, 6.07) is 11.1. The molecule has 1 aromatic carbocycles. The molecule has 0 saturated carbocycles. The molecule has 2 heterocycles. The fraction of sp³-hybridized carbons (Fsp3) is 0.294. The molecule has 114 valence electrons. The van der Waals surface area contributed by atoms with Gasteiger partial charge in [-0.05, 0) is 36.6 Å². The van der Waals surface area contributed by atoms with Crippen molar-refractivity contribution in [3.63, 3.8) is 0 Å². The molecule has 5 heteroatoms. The van der Waals surface area contributed by atoms with Crippen LogP contribution in [0.1, 0.15) is 18.4 Å². The van der Waals surface area contributed by atoms with Gasteiger partial charge >= 0.3 is 0 Å². The maximum absolute atomic E-state index is 13.0. The SMILES string of the molecule is O=C(Nc1ccncc1)C1(c2ccccc2Cl)CCOCC1. The van der Waals surface area contributed by atoms with Gasteiger partial charge < -0.3 is 10.1 Å². The molecule has 0 aliphatic carbocycles. The minimum absolute atomic E-state index is 0.0462. The van der Waals surface area contributed by atoms with Gasteiger partial charge in [-0.25, -0.2) is 0 Å². The average Bonchev–Trinajstić information content (AvgIpc) is 2.57. The summed E-state index contributed by atoms with van der Waals surface area (Å²) in [7, 11) is 0. The number of pyridine rings is 1. The van der Waals surface area contributed by atoms with Gasteiger partial charge in [0.2, 0.25) is 5.91 Å². The Morgan fingerprint density at radius 3 is 2.50 bits per heavy atom. The van der Waals surface area contributed by atoms with Crippen molar-refractivity contribution < 1.29 is 9.53 Å². The van der Waals surface area contributed by atoms with E-state index in [2.05, 4.69) is 10.3 Å². The van der Waals surface area contributed by atoms with Crippen LogP contribution in [0.4, 0.5) is 5.69 Å². The smallest absolute Gasteiger partial charge is 0.235 e. The minimum Gasteiger partial charge on any atom is -0.381 e. The highest BCUT2D eigenvalue weighted by Gasteiger charge is 2.42. The topological polar surface area (TPSA) is 51.2 Å². The second kappa shape index (κ2) is 6.46. The highest BCUT2D eigenvalue weighted by Crippen LogP contribution is 2.39. The van der Waals surface area contributed by atoms with Crippen molar-refractivity contribution in [1.82, 2.24) is 4.98 Å². The first-order chi connectivity index (χ1) is 10.7. The van der Waals surface area contributed by atoms with Crippen LogP contribution in [0.3, 0.4) is 0 Å². The summed E-state index contributed by atoms with van der Waals surface area (Å²) in [5.74, 6) is -0.0462. The van der Waals surface area contributed by atoms with Crippen LogP contribution in [0.2, 0.25) is 5.02 Å². The molecule has 0 atom stereocenters. The average molecular weight is 317 g/mol. The quantitative estimate of drug-likeness (QED) is 0.944. The molecule has 0 unspecified atom stereocenters. The van der Waals surface area contributed by atoms with E-state index in [0.717, 1.165) is 11.3 Å². The molecule has 2 aromatic rings. The van der Waals surface area contributed by atoms with Crippen LogP contribution >= 0.6 is 11.6 Å². The van der Waals surface area contributed by atoms with Crippen molar-refractivity contribution in [3.8, 4) is 0 Å². The molecular formula is C17H17ClN2O2. The lowest BCUT2D eigenvalue weighted by molar-refractivity contribution is -0.125. The zero-order valence-electron chi connectivity index (χ0n) is 12.1. The highest BCUT2D eigenvalue weighted by molar-refractivity contribution is 6.31. The zero-order valence-corrected chi connectivity index (χ0v) is 12.8. The Morgan fingerprint density at radius 1 is 1.14 bits per heavy atom. The van der Waals surface area contributed by atoms with Crippen molar-refractivity contribution in [1.29, 1.82) is 0 Å². The Labute approximate surface area is 134 Å². The van der Waals surface area contributed by atoms with Gasteiger partial charge in [-0.15, -0.1) is 0 Å². The van der Waals surface area contributed by atoms with Crippen molar-refractivity contribution in [2.24, 2.45) is 0 Å². The van der Waals surface area contributed by atoms with Crippen LogP contribution in [-0.4, -0.2) is 24.1 Å². The van der Waals surface area contributed by atoms with Crippen molar-refractivity contribution in [2.45, 2.75) is 18.3 Å². The van der Waals surface area contributed by atoms with Gasteiger partial charge in [-0.1, -0.05) is 29.8 Å². The number of anilines is 1. The number of ether oxygens (including phenoxy) is 1. The Balaban J connectivity index is 1.96. The van der Waals surface area contributed by atoms with Crippen LogP contribution in [0.5, 0.6) is 0 Å². The molecule has 0 spiro atoms. The molecule has 1 saturated heterocycles. The Bertz CT molecular complexity index is 655. The number of hydrogen-bond acceptors (Lipinski definition) is 3. The normalized spacial score (nSPS) is 17.0. The highest BCUT2D eigenvalue weighted by atomic mass is 35.5. The fourth-order valence-electron chi connectivity index (χ4n) is 2.87. The molecule has 0 radical (unpaired) electrons. The van der Waals surface area contributed by atoms with E-state index in [1.807, 2.05) is 24.3 Å². The summed E-state index contributed by atoms with van der Waals surface area (Å²) >= 11 is 6.36. The first kappa shape index (κ1) is 15.0. The second-order valence-corrected chi connectivity index (χ2v) is 5.77. The second-order valence-electron chi connectivity index (χ2n) is 5.36. The Morgan fingerprint density at radius 2 is 1.82 bits per heavy atom. The number of halogens is 1. The molecule has 1 fully saturated rings. The van der Waals surface area contributed by atoms with Crippen LogP contribution in [-0.2, 0) is 14.9 Å². The van der Waals surface area contributed by atoms with E-state index in [4.69, 9.17) is 16.3 Å². The predicted molar refractivity (Wildman–Crippen MR) is 86.0 cm³/mol. The number of rotatable bonds is 3. The van der Waals surface area contributed by atoms with Crippen LogP contribution in [0.25, 0.3) is 0 Å². The Hall–Kier alpha value is -1.91. The van der Waals surface area contributed by atoms with Gasteiger partial charge in [0.15, 0.2) is 0 Å². The standard InChI is InChI=1S/C17H17ClN2O2/c18-15-4-2-1-3-14(15)17(7-11-22-12-8-17)16(21)20-13-5-9-19-10-6-13/h1-6,9-10H,7-8,11-12H2,(H,19,20,21). The third kappa shape index (κ3) is 2.85. The Kier molecular flexibility index (Phi) is 4.41. The number of benzene rings is 1. The molecule has 1 aliphatic rings. The van der Waals surface area contributed by atoms with Gasteiger partial charge in [-0.3, -0.25) is 9.78 Å². The lowest BCUT2D eigenvalue weighted by atomic mass is 9.73. The van der Waals surface area contributed by atoms with Crippen molar-refractivity contribution in [3.05, 3.63) is 59.4 Å². The van der Waals surface area contributed by atoms with Crippen molar-refractivity contribution >= 4 is 23.2 Å². The molecule has 1 aliphatic heterocycles. The maximum atomic E-state index is 13.0. The van der Waals surface area contributed by atoms with E-state index >= 15 is 0 Å². The molecule has 3 rings (SSSR count). The fourth-order valence-corrected chi connectivity index (χ4v) is 3.19. The molecule has 4 nitrogen and oxygen atoms in total.